The highest BCUT2D eigenvalue weighted by atomic mass is 127. The maximum absolute atomic E-state index is 12.0. The summed E-state index contributed by atoms with van der Waals surface area (Å²) >= 11 is 1.85. The Hall–Kier alpha value is -0.260. The Kier molecular flexibility index (Phi) is 5.83. The summed E-state index contributed by atoms with van der Waals surface area (Å²) in [6, 6.07) is 8.67. The first-order valence-corrected chi connectivity index (χ1v) is 10.4. The third-order valence-electron chi connectivity index (χ3n) is 3.84. The molecule has 0 aliphatic carbocycles. The van der Waals surface area contributed by atoms with E-state index in [0.717, 1.165) is 0 Å². The Labute approximate surface area is 152 Å². The molecule has 134 valence electrons. The molecule has 1 aromatic rings. The zero-order valence-electron chi connectivity index (χ0n) is 12.5. The summed E-state index contributed by atoms with van der Waals surface area (Å²) in [5.41, 5.74) is 0. The van der Waals surface area contributed by atoms with Crippen LogP contribution in [0.4, 0.5) is 0 Å². The zero-order valence-corrected chi connectivity index (χ0v) is 15.5. The van der Waals surface area contributed by atoms with Gasteiger partial charge in [0.2, 0.25) is 10.6 Å². The lowest BCUT2D eigenvalue weighted by atomic mass is 9.97. The van der Waals surface area contributed by atoms with Crippen molar-refractivity contribution in [2.45, 2.75) is 41.4 Å². The molecule has 0 amide bonds. The standard InChI is InChI=1S/C14H18IO8P/c15-14-22-24(19,23-14)7-6-9-10(16)11(17)12(18)13(21-9)20-8-4-2-1-3-5-8/h1-5,9-14,16-18H,6-7H2/t9-,10-,11+,12+,13+,14?,24?/m1/s1. The summed E-state index contributed by atoms with van der Waals surface area (Å²) in [7, 11) is -3.15. The van der Waals surface area contributed by atoms with E-state index >= 15 is 0 Å². The minimum atomic E-state index is -3.15. The first-order valence-electron chi connectivity index (χ1n) is 7.39. The van der Waals surface area contributed by atoms with E-state index in [2.05, 4.69) is 0 Å². The van der Waals surface area contributed by atoms with Crippen molar-refractivity contribution in [2.75, 3.05) is 6.16 Å². The second-order valence-corrected chi connectivity index (χ2v) is 8.66. The molecule has 3 rings (SSSR count). The van der Waals surface area contributed by atoms with Gasteiger partial charge in [-0.15, -0.1) is 0 Å². The highest BCUT2D eigenvalue weighted by Crippen LogP contribution is 2.61. The molecule has 3 N–H and O–H groups in total. The van der Waals surface area contributed by atoms with Crippen LogP contribution in [0.1, 0.15) is 6.42 Å². The highest BCUT2D eigenvalue weighted by molar-refractivity contribution is 14.1. The van der Waals surface area contributed by atoms with Crippen molar-refractivity contribution in [1.29, 1.82) is 0 Å². The topological polar surface area (TPSA) is 115 Å². The van der Waals surface area contributed by atoms with Crippen molar-refractivity contribution in [3.8, 4) is 5.75 Å². The maximum Gasteiger partial charge on any atom is 0.336 e. The summed E-state index contributed by atoms with van der Waals surface area (Å²) in [5, 5.41) is 30.1. The molecule has 10 heteroatoms. The fraction of sp³-hybridized carbons (Fsp3) is 0.571. The second kappa shape index (κ2) is 7.55. The largest absolute Gasteiger partial charge is 0.462 e. The molecule has 0 aromatic heterocycles. The van der Waals surface area contributed by atoms with Gasteiger partial charge in [0.15, 0.2) is 0 Å². The lowest BCUT2D eigenvalue weighted by Crippen LogP contribution is -2.59. The lowest BCUT2D eigenvalue weighted by Gasteiger charge is -2.41. The molecule has 5 atom stereocenters. The molecule has 8 nitrogen and oxygen atoms in total. The smallest absolute Gasteiger partial charge is 0.336 e. The van der Waals surface area contributed by atoms with E-state index < -0.39 is 42.6 Å². The number of para-hydroxylation sites is 1. The Balaban J connectivity index is 1.62. The summed E-state index contributed by atoms with van der Waals surface area (Å²) in [5.74, 6) is 0.454. The van der Waals surface area contributed by atoms with Gasteiger partial charge in [-0.05, 0) is 41.1 Å². The van der Waals surface area contributed by atoms with E-state index in [1.807, 2.05) is 28.7 Å². The van der Waals surface area contributed by atoms with E-state index in [4.69, 9.17) is 18.5 Å². The molecule has 0 bridgehead atoms. The van der Waals surface area contributed by atoms with Crippen molar-refractivity contribution in [3.05, 3.63) is 30.3 Å². The third-order valence-corrected chi connectivity index (χ3v) is 6.98. The van der Waals surface area contributed by atoms with E-state index in [-0.39, 0.29) is 12.6 Å². The predicted molar refractivity (Wildman–Crippen MR) is 90.8 cm³/mol. The molecule has 2 heterocycles. The molecule has 2 saturated heterocycles. The monoisotopic (exact) mass is 472 g/mol. The predicted octanol–water partition coefficient (Wildman–Crippen LogP) is 1.22. The number of alkyl halides is 1. The molecule has 24 heavy (non-hydrogen) atoms. The van der Waals surface area contributed by atoms with Crippen LogP contribution in [0.3, 0.4) is 0 Å². The van der Waals surface area contributed by atoms with Crippen LogP contribution in [0.2, 0.25) is 0 Å². The quantitative estimate of drug-likeness (QED) is 0.333. The molecule has 2 aliphatic rings. The van der Waals surface area contributed by atoms with Crippen LogP contribution < -0.4 is 4.74 Å². The van der Waals surface area contributed by atoms with Crippen LogP contribution in [-0.2, 0) is 18.3 Å². The molecule has 0 unspecified atom stereocenters. The number of hydrogen-bond donors (Lipinski definition) is 3. The third kappa shape index (κ3) is 4.10. The molecule has 2 aliphatic heterocycles. The van der Waals surface area contributed by atoms with Gasteiger partial charge in [0.05, 0.1) is 12.3 Å². The van der Waals surface area contributed by atoms with Gasteiger partial charge in [-0.25, -0.2) is 0 Å². The summed E-state index contributed by atoms with van der Waals surface area (Å²) in [6.45, 7) is 0. The van der Waals surface area contributed by atoms with Crippen LogP contribution in [-0.4, -0.2) is 56.5 Å². The van der Waals surface area contributed by atoms with Crippen LogP contribution in [0.15, 0.2) is 30.3 Å². The van der Waals surface area contributed by atoms with Crippen molar-refractivity contribution in [2.24, 2.45) is 0 Å². The van der Waals surface area contributed by atoms with Crippen molar-refractivity contribution in [1.82, 2.24) is 0 Å². The van der Waals surface area contributed by atoms with Crippen molar-refractivity contribution < 1.29 is 38.4 Å². The number of benzene rings is 1. The number of aliphatic hydroxyl groups is 3. The SMILES string of the molecule is O=P1(CC[C@H]2O[C@H](Oc3ccccc3)[C@@H](O)[C@@H](O)[C@@H]2O)OC(I)O1. The fourth-order valence-corrected chi connectivity index (χ4v) is 5.92. The second-order valence-electron chi connectivity index (χ2n) is 5.55. The number of rotatable bonds is 5. The van der Waals surface area contributed by atoms with Crippen LogP contribution in [0, 0.1) is 0 Å². The molecular weight excluding hydrogens is 454 g/mol. The van der Waals surface area contributed by atoms with Gasteiger partial charge in [0.25, 0.3) is 0 Å². The van der Waals surface area contributed by atoms with Gasteiger partial charge >= 0.3 is 7.60 Å². The Morgan fingerprint density at radius 1 is 1.08 bits per heavy atom. The van der Waals surface area contributed by atoms with E-state index in [1.54, 1.807) is 24.3 Å². The number of aliphatic hydroxyl groups excluding tert-OH is 3. The van der Waals surface area contributed by atoms with Gasteiger partial charge in [-0.3, -0.25) is 13.6 Å². The zero-order chi connectivity index (χ0) is 17.3. The molecular formula is C14H18IO8P. The average molecular weight is 472 g/mol. The van der Waals surface area contributed by atoms with Crippen LogP contribution in [0.5, 0.6) is 5.75 Å². The number of hydrogen-bond acceptors (Lipinski definition) is 8. The van der Waals surface area contributed by atoms with Gasteiger partial charge in [-0.1, -0.05) is 18.2 Å². The summed E-state index contributed by atoms with van der Waals surface area (Å²) in [4.78, 5) is 0. The van der Waals surface area contributed by atoms with Crippen molar-refractivity contribution in [3.63, 3.8) is 0 Å². The van der Waals surface area contributed by atoms with Gasteiger partial charge in [0, 0.05) is 0 Å². The maximum atomic E-state index is 12.0. The molecule has 0 saturated carbocycles. The first-order chi connectivity index (χ1) is 11.4. The highest BCUT2D eigenvalue weighted by Gasteiger charge is 2.47. The molecule has 2 fully saturated rings. The minimum absolute atomic E-state index is 0.0368. The van der Waals surface area contributed by atoms with Gasteiger partial charge in [0.1, 0.15) is 24.1 Å². The van der Waals surface area contributed by atoms with E-state index in [0.29, 0.717) is 5.75 Å². The first kappa shape index (κ1) is 18.5. The van der Waals surface area contributed by atoms with Gasteiger partial charge in [-0.2, -0.15) is 0 Å². The number of ether oxygens (including phenoxy) is 2. The molecule has 1 aromatic carbocycles. The minimum Gasteiger partial charge on any atom is -0.462 e. The molecule has 0 radical (unpaired) electrons. The Bertz CT molecular complexity index is 592. The van der Waals surface area contributed by atoms with E-state index in [9.17, 15) is 19.9 Å². The fourth-order valence-electron chi connectivity index (χ4n) is 2.54. The normalized spacial score (nSPS) is 42.3. The van der Waals surface area contributed by atoms with E-state index in [1.165, 1.54) is 0 Å². The summed E-state index contributed by atoms with van der Waals surface area (Å²) < 4.78 is 32.7. The average Bonchev–Trinajstić information content (AvgIpc) is 2.54. The Morgan fingerprint density at radius 2 is 1.75 bits per heavy atom. The van der Waals surface area contributed by atoms with Crippen LogP contribution >= 0.6 is 30.2 Å². The van der Waals surface area contributed by atoms with Gasteiger partial charge < -0.3 is 24.8 Å². The Morgan fingerprint density at radius 3 is 2.38 bits per heavy atom. The molecule has 0 spiro atoms. The van der Waals surface area contributed by atoms with Crippen molar-refractivity contribution >= 4 is 30.2 Å². The summed E-state index contributed by atoms with van der Waals surface area (Å²) in [6.07, 6.45) is -6.06. The van der Waals surface area contributed by atoms with Crippen LogP contribution in [0.25, 0.3) is 0 Å². The number of halogens is 1. The lowest BCUT2D eigenvalue weighted by molar-refractivity contribution is -0.272.